The second kappa shape index (κ2) is 9.28. The Morgan fingerprint density at radius 2 is 1.91 bits per heavy atom. The summed E-state index contributed by atoms with van der Waals surface area (Å²) in [6, 6.07) is 3.81. The number of ether oxygens (including phenoxy) is 1. The van der Waals surface area contributed by atoms with Gasteiger partial charge in [0, 0.05) is 16.8 Å². The summed E-state index contributed by atoms with van der Waals surface area (Å²) in [5.41, 5.74) is -1.39. The van der Waals surface area contributed by atoms with Crippen molar-refractivity contribution in [1.29, 1.82) is 5.26 Å². The molecule has 0 spiro atoms. The van der Waals surface area contributed by atoms with E-state index in [0.717, 1.165) is 30.0 Å². The van der Waals surface area contributed by atoms with Gasteiger partial charge >= 0.3 is 0 Å². The summed E-state index contributed by atoms with van der Waals surface area (Å²) < 4.78 is 47.4. The molecule has 0 fully saturated rings. The number of hydrogen-bond acceptors (Lipinski definition) is 6. The lowest BCUT2D eigenvalue weighted by Gasteiger charge is -2.16. The summed E-state index contributed by atoms with van der Waals surface area (Å²) in [7, 11) is 0. The molecule has 8 nitrogen and oxygen atoms in total. The van der Waals surface area contributed by atoms with Gasteiger partial charge in [-0.1, -0.05) is 0 Å². The number of nitrogens with one attached hydrogen (secondary N) is 1. The Kier molecular flexibility index (Phi) is 6.67. The van der Waals surface area contributed by atoms with Crippen LogP contribution in [0.4, 0.5) is 13.2 Å². The standard InChI is InChI=1S/C22H20F3N5O3/c1-10-15(7-26)5-14(20(24)25)6-17(10)33-19-18(11(2)23)27-9-30(22(19)32)8-16-12(3)28-13(4)29-21(16)31/h5-6,9,11,20H,8H2,1-4H3,(H,28,29,31). The van der Waals surface area contributed by atoms with Gasteiger partial charge in [0.15, 0.2) is 0 Å². The minimum atomic E-state index is -2.89. The number of aromatic nitrogens is 4. The molecule has 1 N–H and O–H groups in total. The van der Waals surface area contributed by atoms with Gasteiger partial charge in [-0.15, -0.1) is 0 Å². The lowest BCUT2D eigenvalue weighted by atomic mass is 10.0. The molecular formula is C22H20F3N5O3. The minimum Gasteiger partial charge on any atom is -0.449 e. The Bertz CT molecular complexity index is 1370. The van der Waals surface area contributed by atoms with Gasteiger partial charge in [0.1, 0.15) is 23.4 Å². The van der Waals surface area contributed by atoms with Crippen LogP contribution in [0.1, 0.15) is 59.0 Å². The first kappa shape index (κ1) is 23.7. The van der Waals surface area contributed by atoms with Crippen LogP contribution >= 0.6 is 0 Å². The predicted molar refractivity (Wildman–Crippen MR) is 112 cm³/mol. The van der Waals surface area contributed by atoms with Crippen LogP contribution in [-0.4, -0.2) is 19.5 Å². The van der Waals surface area contributed by atoms with Crippen molar-refractivity contribution in [2.24, 2.45) is 0 Å². The second-order valence-corrected chi connectivity index (χ2v) is 7.43. The van der Waals surface area contributed by atoms with Gasteiger partial charge in [-0.05, 0) is 39.8 Å². The van der Waals surface area contributed by atoms with Gasteiger partial charge in [-0.2, -0.15) is 5.26 Å². The maximum atomic E-state index is 14.2. The van der Waals surface area contributed by atoms with Gasteiger partial charge in [-0.3, -0.25) is 14.2 Å². The number of hydrogen-bond donors (Lipinski definition) is 1. The van der Waals surface area contributed by atoms with Crippen molar-refractivity contribution < 1.29 is 17.9 Å². The zero-order valence-corrected chi connectivity index (χ0v) is 18.2. The first-order chi connectivity index (χ1) is 15.5. The highest BCUT2D eigenvalue weighted by atomic mass is 19.3. The predicted octanol–water partition coefficient (Wildman–Crippen LogP) is 3.93. The SMILES string of the molecule is Cc1nc(C)c(Cn2cnc(C(C)F)c(Oc3cc(C(F)F)cc(C#N)c3C)c2=O)c(=O)[nH]1. The van der Waals surface area contributed by atoms with E-state index >= 15 is 0 Å². The molecule has 3 rings (SSSR count). The van der Waals surface area contributed by atoms with Crippen molar-refractivity contribution in [3.8, 4) is 17.6 Å². The third kappa shape index (κ3) is 4.79. The molecule has 0 bridgehead atoms. The molecule has 0 aliphatic heterocycles. The second-order valence-electron chi connectivity index (χ2n) is 7.43. The van der Waals surface area contributed by atoms with Crippen LogP contribution in [0.15, 0.2) is 28.0 Å². The minimum absolute atomic E-state index is 0.0743. The number of alkyl halides is 3. The summed E-state index contributed by atoms with van der Waals surface area (Å²) in [4.78, 5) is 36.2. The van der Waals surface area contributed by atoms with E-state index in [-0.39, 0.29) is 34.7 Å². The number of nitrogens with zero attached hydrogens (tertiary/aromatic N) is 4. The summed E-state index contributed by atoms with van der Waals surface area (Å²) in [5, 5.41) is 9.27. The fourth-order valence-electron chi connectivity index (χ4n) is 3.25. The number of nitriles is 1. The molecule has 1 atom stereocenters. The molecule has 0 aliphatic carbocycles. The monoisotopic (exact) mass is 459 g/mol. The molecular weight excluding hydrogens is 439 g/mol. The fourth-order valence-corrected chi connectivity index (χ4v) is 3.25. The van der Waals surface area contributed by atoms with E-state index in [0.29, 0.717) is 11.5 Å². The zero-order chi connectivity index (χ0) is 24.4. The Morgan fingerprint density at radius 1 is 1.21 bits per heavy atom. The molecule has 3 aromatic rings. The van der Waals surface area contributed by atoms with E-state index in [1.807, 2.05) is 0 Å². The van der Waals surface area contributed by atoms with Crippen molar-refractivity contribution >= 4 is 0 Å². The molecule has 0 saturated carbocycles. The van der Waals surface area contributed by atoms with E-state index in [1.54, 1.807) is 19.9 Å². The van der Waals surface area contributed by atoms with Crippen LogP contribution in [0, 0.1) is 32.1 Å². The molecule has 1 aromatic carbocycles. The topological polar surface area (TPSA) is 114 Å². The molecule has 1 unspecified atom stereocenters. The lowest BCUT2D eigenvalue weighted by molar-refractivity contribution is 0.151. The summed E-state index contributed by atoms with van der Waals surface area (Å²) in [5.74, 6) is -0.325. The summed E-state index contributed by atoms with van der Waals surface area (Å²) in [6.07, 6.45) is -3.54. The van der Waals surface area contributed by atoms with E-state index in [1.165, 1.54) is 6.92 Å². The number of aromatic amines is 1. The number of H-pyrrole nitrogens is 1. The molecule has 2 heterocycles. The average Bonchev–Trinajstić information content (AvgIpc) is 2.73. The van der Waals surface area contributed by atoms with Gasteiger partial charge in [-0.25, -0.2) is 23.1 Å². The molecule has 33 heavy (non-hydrogen) atoms. The highest BCUT2D eigenvalue weighted by molar-refractivity contribution is 5.50. The van der Waals surface area contributed by atoms with E-state index < -0.39 is 35.0 Å². The summed E-state index contributed by atoms with van der Waals surface area (Å²) >= 11 is 0. The van der Waals surface area contributed by atoms with Gasteiger partial charge in [0.2, 0.25) is 5.75 Å². The highest BCUT2D eigenvalue weighted by Crippen LogP contribution is 2.33. The Morgan fingerprint density at radius 3 is 2.48 bits per heavy atom. The largest absolute Gasteiger partial charge is 0.449 e. The highest BCUT2D eigenvalue weighted by Gasteiger charge is 2.23. The zero-order valence-electron chi connectivity index (χ0n) is 18.2. The smallest absolute Gasteiger partial charge is 0.297 e. The molecule has 11 heteroatoms. The van der Waals surface area contributed by atoms with Gasteiger partial charge < -0.3 is 9.72 Å². The molecule has 172 valence electrons. The maximum absolute atomic E-state index is 14.2. The van der Waals surface area contributed by atoms with E-state index in [2.05, 4.69) is 15.0 Å². The average molecular weight is 459 g/mol. The number of benzene rings is 1. The third-order valence-corrected chi connectivity index (χ3v) is 5.04. The number of rotatable bonds is 6. The van der Waals surface area contributed by atoms with Crippen molar-refractivity contribution in [3.05, 3.63) is 78.6 Å². The molecule has 0 aliphatic rings. The Labute approximate surface area is 186 Å². The molecule has 0 saturated heterocycles. The lowest BCUT2D eigenvalue weighted by Crippen LogP contribution is -2.28. The van der Waals surface area contributed by atoms with Crippen molar-refractivity contribution in [2.45, 2.75) is 46.8 Å². The van der Waals surface area contributed by atoms with Crippen molar-refractivity contribution in [2.75, 3.05) is 0 Å². The van der Waals surface area contributed by atoms with Crippen LogP contribution < -0.4 is 15.9 Å². The van der Waals surface area contributed by atoms with Gasteiger partial charge in [0.25, 0.3) is 17.5 Å². The molecule has 0 radical (unpaired) electrons. The quantitative estimate of drug-likeness (QED) is 0.598. The van der Waals surface area contributed by atoms with Gasteiger partial charge in [0.05, 0.1) is 30.1 Å². The fraction of sp³-hybridized carbons (Fsp3) is 0.318. The van der Waals surface area contributed by atoms with Crippen LogP contribution in [0.25, 0.3) is 0 Å². The van der Waals surface area contributed by atoms with Crippen molar-refractivity contribution in [3.63, 3.8) is 0 Å². The van der Waals surface area contributed by atoms with Crippen LogP contribution in [-0.2, 0) is 6.54 Å². The van der Waals surface area contributed by atoms with Crippen LogP contribution in [0.2, 0.25) is 0 Å². The Balaban J connectivity index is 2.15. The third-order valence-electron chi connectivity index (χ3n) is 5.04. The number of halogens is 3. The van der Waals surface area contributed by atoms with Crippen LogP contribution in [0.3, 0.4) is 0 Å². The normalized spacial score (nSPS) is 12.0. The Hall–Kier alpha value is -3.94. The number of aryl methyl sites for hydroxylation is 2. The first-order valence-corrected chi connectivity index (χ1v) is 9.83. The van der Waals surface area contributed by atoms with Crippen LogP contribution in [0.5, 0.6) is 11.5 Å². The van der Waals surface area contributed by atoms with Crippen molar-refractivity contribution in [1.82, 2.24) is 19.5 Å². The summed E-state index contributed by atoms with van der Waals surface area (Å²) in [6.45, 7) is 5.59. The van der Waals surface area contributed by atoms with E-state index in [4.69, 9.17) is 4.74 Å². The first-order valence-electron chi connectivity index (χ1n) is 9.83. The maximum Gasteiger partial charge on any atom is 0.297 e. The molecule has 0 amide bonds. The van der Waals surface area contributed by atoms with E-state index in [9.17, 15) is 28.0 Å². The molecule has 2 aromatic heterocycles.